The molecule has 3 aromatic rings. The first kappa shape index (κ1) is 25.3. The minimum Gasteiger partial charge on any atom is -0.497 e. The molecule has 0 atom stereocenters. The second kappa shape index (κ2) is 10.6. The normalized spacial score (nSPS) is 17.9. The third-order valence-electron chi connectivity index (χ3n) is 6.55. The summed E-state index contributed by atoms with van der Waals surface area (Å²) in [5, 5.41) is 11.4. The van der Waals surface area contributed by atoms with Crippen molar-refractivity contribution in [3.8, 4) is 5.75 Å². The number of methoxy groups -OCH3 is 1. The van der Waals surface area contributed by atoms with E-state index in [1.165, 1.54) is 43.8 Å². The maximum Gasteiger partial charge on any atom is 0.416 e. The number of carbonyl (C=O) groups is 1. The highest BCUT2D eigenvalue weighted by molar-refractivity contribution is 8.18. The highest BCUT2D eigenvalue weighted by Crippen LogP contribution is 2.40. The SMILES string of the molecule is COc1ccc(CC(=C2SC(NCCN3CCCC3)=NC2=O)c2ccc3[nH]ncc3c2)c(C(F)(F)F)c1. The molecule has 5 rings (SSSR count). The van der Waals surface area contributed by atoms with E-state index >= 15 is 0 Å². The molecule has 0 aliphatic carbocycles. The van der Waals surface area contributed by atoms with Gasteiger partial charge in [-0.3, -0.25) is 9.89 Å². The smallest absolute Gasteiger partial charge is 0.416 e. The van der Waals surface area contributed by atoms with Crippen molar-refractivity contribution in [2.45, 2.75) is 25.4 Å². The molecule has 2 aliphatic rings. The lowest BCUT2D eigenvalue weighted by molar-refractivity contribution is -0.138. The maximum atomic E-state index is 14.0. The van der Waals surface area contributed by atoms with Crippen molar-refractivity contribution in [2.24, 2.45) is 4.99 Å². The van der Waals surface area contributed by atoms with Crippen molar-refractivity contribution in [1.29, 1.82) is 0 Å². The number of aromatic amines is 1. The summed E-state index contributed by atoms with van der Waals surface area (Å²) in [7, 11) is 1.33. The molecule has 1 amide bonds. The molecule has 37 heavy (non-hydrogen) atoms. The number of H-pyrrole nitrogens is 1. The first-order chi connectivity index (χ1) is 17.8. The molecule has 2 aromatic carbocycles. The molecule has 1 fully saturated rings. The first-order valence-corrected chi connectivity index (χ1v) is 12.8. The average Bonchev–Trinajstić information content (AvgIpc) is 3.63. The molecule has 0 unspecified atom stereocenters. The van der Waals surface area contributed by atoms with Gasteiger partial charge >= 0.3 is 6.18 Å². The van der Waals surface area contributed by atoms with Crippen molar-refractivity contribution >= 4 is 39.3 Å². The molecule has 0 saturated carbocycles. The predicted octanol–water partition coefficient (Wildman–Crippen LogP) is 4.86. The largest absolute Gasteiger partial charge is 0.497 e. The first-order valence-electron chi connectivity index (χ1n) is 12.0. The van der Waals surface area contributed by atoms with Crippen LogP contribution in [-0.2, 0) is 17.4 Å². The van der Waals surface area contributed by atoms with Gasteiger partial charge in [0.05, 0.1) is 29.3 Å². The molecule has 0 spiro atoms. The molecule has 0 radical (unpaired) electrons. The number of amidine groups is 1. The summed E-state index contributed by atoms with van der Waals surface area (Å²) in [5.41, 5.74) is 1.16. The Morgan fingerprint density at radius 2 is 2.00 bits per heavy atom. The van der Waals surface area contributed by atoms with Crippen LogP contribution in [0.2, 0.25) is 0 Å². The van der Waals surface area contributed by atoms with Gasteiger partial charge in [-0.15, -0.1) is 0 Å². The van der Waals surface area contributed by atoms with Crippen LogP contribution in [0.25, 0.3) is 16.5 Å². The lowest BCUT2D eigenvalue weighted by atomic mass is 9.93. The Morgan fingerprint density at radius 3 is 2.76 bits per heavy atom. The van der Waals surface area contributed by atoms with Crippen LogP contribution < -0.4 is 10.1 Å². The van der Waals surface area contributed by atoms with E-state index in [4.69, 9.17) is 4.74 Å². The molecule has 1 aromatic heterocycles. The molecule has 194 valence electrons. The topological polar surface area (TPSA) is 82.6 Å². The lowest BCUT2D eigenvalue weighted by Crippen LogP contribution is -2.31. The third kappa shape index (κ3) is 5.67. The van der Waals surface area contributed by atoms with Gasteiger partial charge in [0.1, 0.15) is 5.75 Å². The van der Waals surface area contributed by atoms with Gasteiger partial charge in [-0.1, -0.05) is 12.1 Å². The molecule has 1 saturated heterocycles. The van der Waals surface area contributed by atoms with E-state index in [9.17, 15) is 18.0 Å². The standard InChI is InChI=1S/C26H26F3N5O2S/c1-36-19-6-4-17(21(14-19)26(27,28)29)13-20(16-5-7-22-18(12-16)15-31-33-22)23-24(35)32-25(37-23)30-8-11-34-9-2-3-10-34/h4-7,12,14-15H,2-3,8-11,13H2,1H3,(H,31,33)(H,30,32,35). The van der Waals surface area contributed by atoms with Crippen LogP contribution in [0, 0.1) is 0 Å². The number of aliphatic imine (C=N–C) groups is 1. The van der Waals surface area contributed by atoms with E-state index in [0.717, 1.165) is 36.6 Å². The number of nitrogens with one attached hydrogen (secondary N) is 2. The molecule has 3 heterocycles. The van der Waals surface area contributed by atoms with Crippen LogP contribution in [0.1, 0.15) is 29.5 Å². The molecular formula is C26H26F3N5O2S. The Kier molecular flexibility index (Phi) is 7.25. The highest BCUT2D eigenvalue weighted by atomic mass is 32.2. The van der Waals surface area contributed by atoms with Gasteiger partial charge < -0.3 is 15.0 Å². The number of alkyl halides is 3. The number of nitrogens with zero attached hydrogens (tertiary/aromatic N) is 3. The highest BCUT2D eigenvalue weighted by Gasteiger charge is 2.35. The molecule has 0 bridgehead atoms. The number of allylic oxidation sites excluding steroid dienone is 1. The fraction of sp³-hybridized carbons (Fsp3) is 0.346. The van der Waals surface area contributed by atoms with E-state index in [0.29, 0.717) is 27.8 Å². The van der Waals surface area contributed by atoms with Gasteiger partial charge in [-0.2, -0.15) is 23.3 Å². The predicted molar refractivity (Wildman–Crippen MR) is 138 cm³/mol. The van der Waals surface area contributed by atoms with Crippen molar-refractivity contribution in [2.75, 3.05) is 33.3 Å². The number of ether oxygens (including phenoxy) is 1. The second-order valence-corrected chi connectivity index (χ2v) is 9.98. The zero-order valence-corrected chi connectivity index (χ0v) is 21.0. The molecule has 2 aliphatic heterocycles. The van der Waals surface area contributed by atoms with Crippen molar-refractivity contribution in [1.82, 2.24) is 20.4 Å². The van der Waals surface area contributed by atoms with Gasteiger partial charge in [0.15, 0.2) is 5.17 Å². The Labute approximate surface area is 216 Å². The van der Waals surface area contributed by atoms with Crippen LogP contribution in [0.4, 0.5) is 13.2 Å². The fourth-order valence-corrected chi connectivity index (χ4v) is 5.58. The number of likely N-dealkylation sites (tertiary alicyclic amines) is 1. The summed E-state index contributed by atoms with van der Waals surface area (Å²) >= 11 is 1.17. The van der Waals surface area contributed by atoms with Crippen LogP contribution in [0.3, 0.4) is 0 Å². The Balaban J connectivity index is 1.48. The van der Waals surface area contributed by atoms with E-state index < -0.39 is 17.6 Å². The molecular weight excluding hydrogens is 503 g/mol. The fourth-order valence-electron chi connectivity index (χ4n) is 4.63. The molecule has 2 N–H and O–H groups in total. The van der Waals surface area contributed by atoms with E-state index in [-0.39, 0.29) is 17.7 Å². The van der Waals surface area contributed by atoms with E-state index in [1.807, 2.05) is 6.07 Å². The lowest BCUT2D eigenvalue weighted by Gasteiger charge is -2.17. The number of hydrogen-bond donors (Lipinski definition) is 2. The number of aromatic nitrogens is 2. The van der Waals surface area contributed by atoms with Gasteiger partial charge in [0.25, 0.3) is 5.91 Å². The number of benzene rings is 2. The number of thioether (sulfide) groups is 1. The van der Waals surface area contributed by atoms with Crippen LogP contribution in [0.15, 0.2) is 52.5 Å². The number of hydrogen-bond acceptors (Lipinski definition) is 6. The second-order valence-electron chi connectivity index (χ2n) is 8.98. The van der Waals surface area contributed by atoms with E-state index in [1.54, 1.807) is 18.3 Å². The minimum atomic E-state index is -4.58. The van der Waals surface area contributed by atoms with Crippen LogP contribution >= 0.6 is 11.8 Å². The van der Waals surface area contributed by atoms with Crippen LogP contribution in [-0.4, -0.2) is 59.5 Å². The monoisotopic (exact) mass is 529 g/mol. The summed E-state index contributed by atoms with van der Waals surface area (Å²) < 4.78 is 47.0. The summed E-state index contributed by atoms with van der Waals surface area (Å²) in [4.78, 5) is 19.9. The van der Waals surface area contributed by atoms with Gasteiger partial charge in [0, 0.05) is 18.5 Å². The maximum absolute atomic E-state index is 14.0. The average molecular weight is 530 g/mol. The third-order valence-corrected chi connectivity index (χ3v) is 7.61. The summed E-state index contributed by atoms with van der Waals surface area (Å²) in [6.07, 6.45) is -0.666. The van der Waals surface area contributed by atoms with Crippen LogP contribution in [0.5, 0.6) is 5.75 Å². The number of fused-ring (bicyclic) bond motifs is 1. The van der Waals surface area contributed by atoms with Crippen molar-refractivity contribution in [3.05, 3.63) is 64.2 Å². The van der Waals surface area contributed by atoms with E-state index in [2.05, 4.69) is 25.4 Å². The zero-order valence-electron chi connectivity index (χ0n) is 20.2. The number of halogens is 3. The van der Waals surface area contributed by atoms with Gasteiger partial charge in [-0.05, 0) is 85.1 Å². The number of carbonyl (C=O) groups excluding carboxylic acids is 1. The summed E-state index contributed by atoms with van der Waals surface area (Å²) in [6.45, 7) is 3.61. The van der Waals surface area contributed by atoms with Crippen molar-refractivity contribution in [3.63, 3.8) is 0 Å². The Bertz CT molecular complexity index is 1380. The van der Waals surface area contributed by atoms with Gasteiger partial charge in [-0.25, -0.2) is 0 Å². The van der Waals surface area contributed by atoms with Crippen molar-refractivity contribution < 1.29 is 22.7 Å². The Hall–Kier alpha value is -3.31. The quantitative estimate of drug-likeness (QED) is 0.426. The summed E-state index contributed by atoms with van der Waals surface area (Å²) in [6, 6.07) is 9.30. The summed E-state index contributed by atoms with van der Waals surface area (Å²) in [5.74, 6) is -0.345. The number of amides is 1. The molecule has 11 heteroatoms. The van der Waals surface area contributed by atoms with Gasteiger partial charge in [0.2, 0.25) is 0 Å². The zero-order chi connectivity index (χ0) is 26.0. The number of rotatable bonds is 7. The molecule has 7 nitrogen and oxygen atoms in total. The Morgan fingerprint density at radius 1 is 1.19 bits per heavy atom. The minimum absolute atomic E-state index is 0.0481.